The topological polar surface area (TPSA) is 58.0 Å². The molecule has 2 rings (SSSR count). The van der Waals surface area contributed by atoms with Gasteiger partial charge in [0.1, 0.15) is 6.33 Å². The highest BCUT2D eigenvalue weighted by Crippen LogP contribution is 2.25. The first-order chi connectivity index (χ1) is 8.22. The van der Waals surface area contributed by atoms with Crippen molar-refractivity contribution in [1.29, 1.82) is 0 Å². The Labute approximate surface area is 106 Å². The molecule has 1 atom stereocenters. The number of aromatic nitrogens is 2. The van der Waals surface area contributed by atoms with E-state index in [9.17, 15) is 5.11 Å². The summed E-state index contributed by atoms with van der Waals surface area (Å²) >= 11 is 1.71. The van der Waals surface area contributed by atoms with E-state index in [1.54, 1.807) is 24.3 Å². The molecule has 0 bridgehead atoms. The number of thioether (sulfide) groups is 1. The lowest BCUT2D eigenvalue weighted by molar-refractivity contribution is 0.169. The predicted molar refractivity (Wildman–Crippen MR) is 69.0 cm³/mol. The van der Waals surface area contributed by atoms with Gasteiger partial charge in [-0.05, 0) is 32.3 Å². The molecule has 5 heteroatoms. The quantitative estimate of drug-likeness (QED) is 0.569. The lowest BCUT2D eigenvalue weighted by Gasteiger charge is -2.28. The third kappa shape index (κ3) is 4.26. The molecule has 0 aliphatic heterocycles. The highest BCUT2D eigenvalue weighted by molar-refractivity contribution is 7.99. The van der Waals surface area contributed by atoms with Crippen molar-refractivity contribution in [3.63, 3.8) is 0 Å². The van der Waals surface area contributed by atoms with Gasteiger partial charge in [-0.15, -0.1) is 11.8 Å². The van der Waals surface area contributed by atoms with E-state index in [2.05, 4.69) is 22.2 Å². The number of aliphatic hydroxyl groups excluding tert-OH is 1. The van der Waals surface area contributed by atoms with Crippen LogP contribution in [0.5, 0.6) is 0 Å². The van der Waals surface area contributed by atoms with E-state index in [-0.39, 0.29) is 12.1 Å². The van der Waals surface area contributed by atoms with Gasteiger partial charge >= 0.3 is 0 Å². The molecule has 0 aromatic carbocycles. The zero-order valence-electron chi connectivity index (χ0n) is 10.1. The summed E-state index contributed by atoms with van der Waals surface area (Å²) < 4.78 is 0. The van der Waals surface area contributed by atoms with Crippen LogP contribution in [0.1, 0.15) is 26.2 Å². The molecule has 1 aliphatic carbocycles. The highest BCUT2D eigenvalue weighted by atomic mass is 32.2. The molecule has 1 aliphatic rings. The van der Waals surface area contributed by atoms with Crippen LogP contribution in [-0.2, 0) is 0 Å². The molecule has 1 fully saturated rings. The standard InChI is InChI=1S/C12H19N3OS/c1-12(8-16,15-10-2-3-10)5-7-17-11-4-6-13-9-14-11/h4,6,9-10,15-16H,2-3,5,7-8H2,1H3. The second kappa shape index (κ2) is 5.80. The Morgan fingerprint density at radius 1 is 1.59 bits per heavy atom. The minimum Gasteiger partial charge on any atom is -0.394 e. The zero-order valence-corrected chi connectivity index (χ0v) is 10.9. The lowest BCUT2D eigenvalue weighted by atomic mass is 10.0. The van der Waals surface area contributed by atoms with Gasteiger partial charge in [0, 0.05) is 23.5 Å². The van der Waals surface area contributed by atoms with Crippen molar-refractivity contribution >= 4 is 11.8 Å². The van der Waals surface area contributed by atoms with E-state index in [1.165, 1.54) is 12.8 Å². The summed E-state index contributed by atoms with van der Waals surface area (Å²) in [6.07, 6.45) is 6.75. The number of hydrogen-bond acceptors (Lipinski definition) is 5. The fourth-order valence-corrected chi connectivity index (χ4v) is 2.70. The van der Waals surface area contributed by atoms with Crippen molar-refractivity contribution in [3.05, 3.63) is 18.6 Å². The van der Waals surface area contributed by atoms with Gasteiger partial charge in [0.2, 0.25) is 0 Å². The molecule has 0 saturated heterocycles. The first kappa shape index (κ1) is 12.8. The molecule has 17 heavy (non-hydrogen) atoms. The van der Waals surface area contributed by atoms with Crippen LogP contribution in [0.3, 0.4) is 0 Å². The Balaban J connectivity index is 1.75. The summed E-state index contributed by atoms with van der Waals surface area (Å²) in [4.78, 5) is 8.06. The van der Waals surface area contributed by atoms with Crippen molar-refractivity contribution in [2.75, 3.05) is 12.4 Å². The van der Waals surface area contributed by atoms with E-state index in [1.807, 2.05) is 6.07 Å². The van der Waals surface area contributed by atoms with Crippen LogP contribution in [-0.4, -0.2) is 39.0 Å². The average molecular weight is 253 g/mol. The fraction of sp³-hybridized carbons (Fsp3) is 0.667. The minimum atomic E-state index is -0.152. The van der Waals surface area contributed by atoms with Crippen molar-refractivity contribution in [3.8, 4) is 0 Å². The Morgan fingerprint density at radius 3 is 3.00 bits per heavy atom. The second-order valence-electron chi connectivity index (χ2n) is 4.78. The van der Waals surface area contributed by atoms with E-state index in [4.69, 9.17) is 0 Å². The van der Waals surface area contributed by atoms with Crippen molar-refractivity contribution < 1.29 is 5.11 Å². The van der Waals surface area contributed by atoms with Crippen LogP contribution < -0.4 is 5.32 Å². The number of aliphatic hydroxyl groups is 1. The van der Waals surface area contributed by atoms with Crippen molar-refractivity contribution in [1.82, 2.24) is 15.3 Å². The molecule has 94 valence electrons. The molecule has 1 unspecified atom stereocenters. The third-order valence-corrected chi connectivity index (χ3v) is 3.88. The Hall–Kier alpha value is -0.650. The van der Waals surface area contributed by atoms with Crippen LogP contribution in [0, 0.1) is 0 Å². The Kier molecular flexibility index (Phi) is 4.36. The molecular formula is C12H19N3OS. The Morgan fingerprint density at radius 2 is 2.41 bits per heavy atom. The highest BCUT2D eigenvalue weighted by Gasteiger charge is 2.31. The van der Waals surface area contributed by atoms with Gasteiger partial charge in [0.05, 0.1) is 11.6 Å². The smallest absolute Gasteiger partial charge is 0.116 e. The molecule has 1 heterocycles. The van der Waals surface area contributed by atoms with E-state index in [0.717, 1.165) is 17.2 Å². The van der Waals surface area contributed by atoms with Gasteiger partial charge in [-0.3, -0.25) is 0 Å². The molecule has 0 amide bonds. The lowest BCUT2D eigenvalue weighted by Crippen LogP contribution is -2.47. The summed E-state index contributed by atoms with van der Waals surface area (Å²) in [5.74, 6) is 0.952. The molecule has 1 saturated carbocycles. The fourth-order valence-electron chi connectivity index (χ4n) is 1.66. The normalized spacial score (nSPS) is 18.9. The van der Waals surface area contributed by atoms with Crippen molar-refractivity contribution in [2.45, 2.75) is 42.8 Å². The number of rotatable bonds is 7. The van der Waals surface area contributed by atoms with Gasteiger partial charge in [-0.1, -0.05) is 0 Å². The number of nitrogens with zero attached hydrogens (tertiary/aromatic N) is 2. The molecule has 0 spiro atoms. The summed E-state index contributed by atoms with van der Waals surface area (Å²) in [7, 11) is 0. The van der Waals surface area contributed by atoms with E-state index >= 15 is 0 Å². The van der Waals surface area contributed by atoms with Crippen molar-refractivity contribution in [2.24, 2.45) is 0 Å². The molecule has 2 N–H and O–H groups in total. The SMILES string of the molecule is CC(CO)(CCSc1ccncn1)NC1CC1. The van der Waals surface area contributed by atoms with Gasteiger partial charge in [0.25, 0.3) is 0 Å². The summed E-state index contributed by atoms with van der Waals surface area (Å²) in [6.45, 7) is 2.28. The molecule has 4 nitrogen and oxygen atoms in total. The van der Waals surface area contributed by atoms with Gasteiger partial charge < -0.3 is 10.4 Å². The van der Waals surface area contributed by atoms with Crippen LogP contribution in [0.15, 0.2) is 23.6 Å². The van der Waals surface area contributed by atoms with Crippen LogP contribution in [0.2, 0.25) is 0 Å². The molecule has 0 radical (unpaired) electrons. The van der Waals surface area contributed by atoms with Gasteiger partial charge in [-0.25, -0.2) is 9.97 Å². The molecule has 1 aromatic rings. The Bertz CT molecular complexity index is 345. The maximum atomic E-state index is 9.46. The summed E-state index contributed by atoms with van der Waals surface area (Å²) in [5.41, 5.74) is -0.152. The number of nitrogens with one attached hydrogen (secondary N) is 1. The van der Waals surface area contributed by atoms with Crippen LogP contribution in [0.4, 0.5) is 0 Å². The maximum Gasteiger partial charge on any atom is 0.116 e. The first-order valence-corrected chi connectivity index (χ1v) is 6.98. The monoisotopic (exact) mass is 253 g/mol. The minimum absolute atomic E-state index is 0.152. The molecule has 1 aromatic heterocycles. The largest absolute Gasteiger partial charge is 0.394 e. The van der Waals surface area contributed by atoms with Gasteiger partial charge in [-0.2, -0.15) is 0 Å². The third-order valence-electron chi connectivity index (χ3n) is 2.94. The van der Waals surface area contributed by atoms with E-state index in [0.29, 0.717) is 6.04 Å². The number of hydrogen-bond donors (Lipinski definition) is 2. The second-order valence-corrected chi connectivity index (χ2v) is 5.90. The van der Waals surface area contributed by atoms with Crippen LogP contribution in [0.25, 0.3) is 0 Å². The first-order valence-electron chi connectivity index (χ1n) is 5.99. The maximum absolute atomic E-state index is 9.46. The average Bonchev–Trinajstić information content (AvgIpc) is 3.14. The van der Waals surface area contributed by atoms with E-state index < -0.39 is 0 Å². The predicted octanol–water partition coefficient (Wildman–Crippen LogP) is 1.46. The van der Waals surface area contributed by atoms with Gasteiger partial charge in [0.15, 0.2) is 0 Å². The summed E-state index contributed by atoms with van der Waals surface area (Å²) in [6, 6.07) is 2.53. The summed E-state index contributed by atoms with van der Waals surface area (Å²) in [5, 5.41) is 14.0. The zero-order chi connectivity index (χ0) is 12.1. The van der Waals surface area contributed by atoms with Crippen LogP contribution >= 0.6 is 11.8 Å². The molecular weight excluding hydrogens is 234 g/mol.